The molecular weight excluding hydrogens is 368 g/mol. The summed E-state index contributed by atoms with van der Waals surface area (Å²) >= 11 is 0. The molecular formula is C21H19F2NO4. The summed E-state index contributed by atoms with van der Waals surface area (Å²) in [5.74, 6) is -3.66. The van der Waals surface area contributed by atoms with Gasteiger partial charge in [0.2, 0.25) is 0 Å². The second-order valence-electron chi connectivity index (χ2n) is 6.60. The SMILES string of the molecule is O=C(COC(=O)CCC(=O)c1ccc2c(c1)CCC2)Nc1ccc(F)c(F)c1. The number of ether oxygens (including phenoxy) is 1. The zero-order chi connectivity index (χ0) is 20.1. The third-order valence-corrected chi connectivity index (χ3v) is 4.54. The second-order valence-corrected chi connectivity index (χ2v) is 6.60. The molecule has 0 radical (unpaired) electrons. The van der Waals surface area contributed by atoms with Gasteiger partial charge in [-0.05, 0) is 48.6 Å². The van der Waals surface area contributed by atoms with Gasteiger partial charge >= 0.3 is 5.97 Å². The summed E-state index contributed by atoms with van der Waals surface area (Å²) in [7, 11) is 0. The Morgan fingerprint density at radius 3 is 2.50 bits per heavy atom. The zero-order valence-electron chi connectivity index (χ0n) is 15.1. The van der Waals surface area contributed by atoms with Crippen molar-refractivity contribution in [2.45, 2.75) is 32.1 Å². The lowest BCUT2D eigenvalue weighted by Gasteiger charge is -2.07. The third kappa shape index (κ3) is 5.00. The van der Waals surface area contributed by atoms with E-state index in [1.807, 2.05) is 12.1 Å². The molecule has 0 aromatic heterocycles. The Labute approximate surface area is 160 Å². The van der Waals surface area contributed by atoms with E-state index >= 15 is 0 Å². The van der Waals surface area contributed by atoms with Crippen molar-refractivity contribution in [1.82, 2.24) is 0 Å². The van der Waals surface area contributed by atoms with Crippen molar-refractivity contribution in [2.75, 3.05) is 11.9 Å². The lowest BCUT2D eigenvalue weighted by molar-refractivity contribution is -0.147. The first-order valence-corrected chi connectivity index (χ1v) is 8.98. The van der Waals surface area contributed by atoms with Crippen LogP contribution in [0, 0.1) is 11.6 Å². The van der Waals surface area contributed by atoms with Gasteiger partial charge in [0.1, 0.15) is 0 Å². The number of hydrogen-bond donors (Lipinski definition) is 1. The first kappa shape index (κ1) is 19.7. The molecule has 0 unspecified atom stereocenters. The van der Waals surface area contributed by atoms with Crippen LogP contribution in [0.2, 0.25) is 0 Å². The molecule has 0 bridgehead atoms. The molecule has 1 aliphatic rings. The number of fused-ring (bicyclic) bond motifs is 1. The summed E-state index contributed by atoms with van der Waals surface area (Å²) in [4.78, 5) is 35.7. The van der Waals surface area contributed by atoms with Crippen LogP contribution in [0.5, 0.6) is 0 Å². The Morgan fingerprint density at radius 2 is 1.71 bits per heavy atom. The Balaban J connectivity index is 1.42. The van der Waals surface area contributed by atoms with E-state index in [2.05, 4.69) is 5.32 Å². The number of halogens is 2. The predicted molar refractivity (Wildman–Crippen MR) is 98.0 cm³/mol. The van der Waals surface area contributed by atoms with Crippen molar-refractivity contribution >= 4 is 23.3 Å². The normalized spacial score (nSPS) is 12.4. The Morgan fingerprint density at radius 1 is 0.929 bits per heavy atom. The molecule has 146 valence electrons. The standard InChI is InChI=1S/C21H19F2NO4/c22-17-7-6-16(11-18(17)23)24-20(26)12-28-21(27)9-8-19(25)15-5-4-13-2-1-3-14(13)10-15/h4-7,10-11H,1-3,8-9,12H2,(H,24,26). The summed E-state index contributed by atoms with van der Waals surface area (Å²) in [6.45, 7) is -0.579. The van der Waals surface area contributed by atoms with E-state index in [4.69, 9.17) is 4.74 Å². The van der Waals surface area contributed by atoms with Crippen LogP contribution < -0.4 is 5.32 Å². The molecule has 1 amide bonds. The first-order valence-electron chi connectivity index (χ1n) is 8.98. The Hall–Kier alpha value is -3.09. The summed E-state index contributed by atoms with van der Waals surface area (Å²) in [6, 6.07) is 8.49. The zero-order valence-corrected chi connectivity index (χ0v) is 15.1. The summed E-state index contributed by atoms with van der Waals surface area (Å²) in [5.41, 5.74) is 3.07. The van der Waals surface area contributed by atoms with Crippen molar-refractivity contribution in [3.8, 4) is 0 Å². The van der Waals surface area contributed by atoms with Crippen LogP contribution >= 0.6 is 0 Å². The molecule has 28 heavy (non-hydrogen) atoms. The Kier molecular flexibility index (Phi) is 6.13. The molecule has 0 heterocycles. The average molecular weight is 387 g/mol. The monoisotopic (exact) mass is 387 g/mol. The van der Waals surface area contributed by atoms with Gasteiger partial charge in [0.05, 0.1) is 6.42 Å². The molecule has 0 aliphatic heterocycles. The molecule has 1 N–H and O–H groups in total. The largest absolute Gasteiger partial charge is 0.456 e. The number of Topliss-reactive ketones (excluding diaryl/α,β-unsaturated/α-hetero) is 1. The van der Waals surface area contributed by atoms with Crippen LogP contribution in [0.1, 0.15) is 40.7 Å². The smallest absolute Gasteiger partial charge is 0.306 e. The van der Waals surface area contributed by atoms with Crippen LogP contribution in [-0.4, -0.2) is 24.3 Å². The van der Waals surface area contributed by atoms with Gasteiger partial charge in [-0.1, -0.05) is 12.1 Å². The molecule has 7 heteroatoms. The maximum atomic E-state index is 13.1. The van der Waals surface area contributed by atoms with Crippen LogP contribution in [0.3, 0.4) is 0 Å². The van der Waals surface area contributed by atoms with E-state index in [-0.39, 0.29) is 24.3 Å². The van der Waals surface area contributed by atoms with E-state index < -0.39 is 30.1 Å². The number of anilines is 1. The van der Waals surface area contributed by atoms with Crippen LogP contribution in [0.4, 0.5) is 14.5 Å². The molecule has 0 saturated heterocycles. The molecule has 1 aliphatic carbocycles. The van der Waals surface area contributed by atoms with E-state index in [9.17, 15) is 23.2 Å². The molecule has 3 rings (SSSR count). The molecule has 0 spiro atoms. The van der Waals surface area contributed by atoms with Crippen molar-refractivity contribution in [3.63, 3.8) is 0 Å². The van der Waals surface area contributed by atoms with Gasteiger partial charge in [0, 0.05) is 23.7 Å². The fourth-order valence-electron chi connectivity index (χ4n) is 3.09. The topological polar surface area (TPSA) is 72.5 Å². The molecule has 2 aromatic rings. The van der Waals surface area contributed by atoms with Crippen LogP contribution in [0.15, 0.2) is 36.4 Å². The van der Waals surface area contributed by atoms with Crippen molar-refractivity contribution in [1.29, 1.82) is 0 Å². The van der Waals surface area contributed by atoms with E-state index in [1.54, 1.807) is 6.07 Å². The number of amides is 1. The highest BCUT2D eigenvalue weighted by molar-refractivity contribution is 5.98. The van der Waals surface area contributed by atoms with Crippen molar-refractivity contribution in [2.24, 2.45) is 0 Å². The molecule has 5 nitrogen and oxygen atoms in total. The van der Waals surface area contributed by atoms with Gasteiger partial charge in [-0.2, -0.15) is 0 Å². The van der Waals surface area contributed by atoms with Crippen LogP contribution in [0.25, 0.3) is 0 Å². The second kappa shape index (κ2) is 8.73. The minimum absolute atomic E-state index is 0.0115. The Bertz CT molecular complexity index is 927. The number of benzene rings is 2. The minimum Gasteiger partial charge on any atom is -0.456 e. The molecule has 0 fully saturated rings. The van der Waals surface area contributed by atoms with Gasteiger partial charge in [-0.25, -0.2) is 8.78 Å². The highest BCUT2D eigenvalue weighted by Gasteiger charge is 2.16. The first-order chi connectivity index (χ1) is 13.4. The minimum atomic E-state index is -1.10. The summed E-state index contributed by atoms with van der Waals surface area (Å²) in [5, 5.41) is 2.29. The number of nitrogens with one attached hydrogen (secondary N) is 1. The van der Waals surface area contributed by atoms with Gasteiger partial charge in [0.15, 0.2) is 24.0 Å². The van der Waals surface area contributed by atoms with Gasteiger partial charge in [0.25, 0.3) is 5.91 Å². The fraction of sp³-hybridized carbons (Fsp3) is 0.286. The number of hydrogen-bond acceptors (Lipinski definition) is 4. The maximum Gasteiger partial charge on any atom is 0.306 e. The highest BCUT2D eigenvalue weighted by Crippen LogP contribution is 2.23. The predicted octanol–water partition coefficient (Wildman–Crippen LogP) is 3.60. The van der Waals surface area contributed by atoms with Crippen molar-refractivity contribution in [3.05, 3.63) is 64.7 Å². The number of rotatable bonds is 7. The number of esters is 1. The van der Waals surface area contributed by atoms with Crippen molar-refractivity contribution < 1.29 is 27.9 Å². The van der Waals surface area contributed by atoms with Gasteiger partial charge in [-0.15, -0.1) is 0 Å². The number of carbonyl (C=O) groups excluding carboxylic acids is 3. The quantitative estimate of drug-likeness (QED) is 0.582. The number of carbonyl (C=O) groups is 3. The maximum absolute atomic E-state index is 13.1. The summed E-state index contributed by atoms with van der Waals surface area (Å²) in [6.07, 6.45) is 2.93. The van der Waals surface area contributed by atoms with Gasteiger partial charge < -0.3 is 10.1 Å². The molecule has 0 saturated carbocycles. The van der Waals surface area contributed by atoms with E-state index in [0.29, 0.717) is 5.56 Å². The third-order valence-electron chi connectivity index (χ3n) is 4.54. The summed E-state index contributed by atoms with van der Waals surface area (Å²) < 4.78 is 30.8. The molecule has 0 atom stereocenters. The highest BCUT2D eigenvalue weighted by atomic mass is 19.2. The lowest BCUT2D eigenvalue weighted by Crippen LogP contribution is -2.21. The number of ketones is 1. The fourth-order valence-corrected chi connectivity index (χ4v) is 3.09. The molecule has 2 aromatic carbocycles. The van der Waals surface area contributed by atoms with Crippen LogP contribution in [-0.2, 0) is 27.2 Å². The van der Waals surface area contributed by atoms with E-state index in [0.717, 1.165) is 31.4 Å². The van der Waals surface area contributed by atoms with Gasteiger partial charge in [-0.3, -0.25) is 14.4 Å². The van der Waals surface area contributed by atoms with E-state index in [1.165, 1.54) is 17.2 Å². The lowest BCUT2D eigenvalue weighted by atomic mass is 10.0. The average Bonchev–Trinajstić information content (AvgIpc) is 3.15. The number of aryl methyl sites for hydroxylation is 2.